The van der Waals surface area contributed by atoms with E-state index in [1.54, 1.807) is 42.5 Å². The van der Waals surface area contributed by atoms with E-state index in [-0.39, 0.29) is 24.3 Å². The summed E-state index contributed by atoms with van der Waals surface area (Å²) in [5.74, 6) is -1.04. The van der Waals surface area contributed by atoms with Crippen molar-refractivity contribution < 1.29 is 14.0 Å². The second-order valence-corrected chi connectivity index (χ2v) is 5.64. The molecule has 2 aromatic rings. The third-order valence-corrected chi connectivity index (χ3v) is 3.74. The highest BCUT2D eigenvalue weighted by Gasteiger charge is 2.15. The highest BCUT2D eigenvalue weighted by atomic mass is 19.1. The molecule has 0 bridgehead atoms. The Morgan fingerprint density at radius 2 is 1.75 bits per heavy atom. The highest BCUT2D eigenvalue weighted by molar-refractivity contribution is 6.04. The molecule has 2 aromatic carbocycles. The van der Waals surface area contributed by atoms with Gasteiger partial charge in [0.1, 0.15) is 5.82 Å². The first-order valence-electron chi connectivity index (χ1n) is 7.94. The molecule has 4 nitrogen and oxygen atoms in total. The van der Waals surface area contributed by atoms with Gasteiger partial charge >= 0.3 is 0 Å². The van der Waals surface area contributed by atoms with Gasteiger partial charge in [-0.15, -0.1) is 0 Å². The van der Waals surface area contributed by atoms with Crippen molar-refractivity contribution in [3.05, 3.63) is 65.5 Å². The molecule has 0 spiro atoms. The molecule has 0 aliphatic rings. The summed E-state index contributed by atoms with van der Waals surface area (Å²) in [6, 6.07) is 13.0. The lowest BCUT2D eigenvalue weighted by Crippen LogP contribution is -2.32. The smallest absolute Gasteiger partial charge is 0.253 e. The van der Waals surface area contributed by atoms with Crippen LogP contribution in [0.15, 0.2) is 48.5 Å². The molecule has 24 heavy (non-hydrogen) atoms. The minimum absolute atomic E-state index is 0.0414. The molecular weight excluding hydrogens is 307 g/mol. The Labute approximate surface area is 141 Å². The van der Waals surface area contributed by atoms with Crippen LogP contribution in [0.25, 0.3) is 0 Å². The number of amides is 2. The van der Waals surface area contributed by atoms with Crippen molar-refractivity contribution in [2.24, 2.45) is 0 Å². The van der Waals surface area contributed by atoms with Gasteiger partial charge in [-0.3, -0.25) is 9.59 Å². The molecule has 0 unspecified atom stereocenters. The molecule has 0 aliphatic carbocycles. The molecule has 126 valence electrons. The van der Waals surface area contributed by atoms with E-state index in [1.165, 1.54) is 6.07 Å². The summed E-state index contributed by atoms with van der Waals surface area (Å²) in [5.41, 5.74) is 1.12. The Bertz CT molecular complexity index is 731. The molecule has 0 heterocycles. The number of anilines is 1. The van der Waals surface area contributed by atoms with Crippen LogP contribution < -0.4 is 10.6 Å². The molecule has 5 heteroatoms. The molecule has 0 fully saturated rings. The number of hydrogen-bond acceptors (Lipinski definition) is 2. The molecule has 2 amide bonds. The number of halogens is 1. The van der Waals surface area contributed by atoms with E-state index in [0.717, 1.165) is 6.42 Å². The Morgan fingerprint density at radius 1 is 1.08 bits per heavy atom. The zero-order valence-electron chi connectivity index (χ0n) is 13.8. The first-order valence-corrected chi connectivity index (χ1v) is 7.94. The summed E-state index contributed by atoms with van der Waals surface area (Å²) >= 11 is 0. The second kappa shape index (κ2) is 8.24. The molecule has 2 rings (SSSR count). The van der Waals surface area contributed by atoms with Crippen LogP contribution in [0.1, 0.15) is 36.2 Å². The van der Waals surface area contributed by atoms with E-state index in [1.807, 2.05) is 13.8 Å². The van der Waals surface area contributed by atoms with Gasteiger partial charge in [0.15, 0.2) is 0 Å². The van der Waals surface area contributed by atoms with E-state index >= 15 is 0 Å². The van der Waals surface area contributed by atoms with Gasteiger partial charge in [0.2, 0.25) is 5.91 Å². The van der Waals surface area contributed by atoms with Gasteiger partial charge < -0.3 is 10.6 Å². The van der Waals surface area contributed by atoms with Crippen molar-refractivity contribution in [2.75, 3.05) is 5.32 Å². The van der Waals surface area contributed by atoms with E-state index in [9.17, 15) is 14.0 Å². The number of nitrogens with one attached hydrogen (secondary N) is 2. The van der Waals surface area contributed by atoms with Crippen molar-refractivity contribution >= 4 is 17.5 Å². The summed E-state index contributed by atoms with van der Waals surface area (Å²) in [7, 11) is 0. The van der Waals surface area contributed by atoms with Gasteiger partial charge in [-0.25, -0.2) is 4.39 Å². The van der Waals surface area contributed by atoms with E-state index in [0.29, 0.717) is 16.8 Å². The minimum atomic E-state index is -0.421. The van der Waals surface area contributed by atoms with Crippen LogP contribution in [0.2, 0.25) is 0 Å². The monoisotopic (exact) mass is 328 g/mol. The predicted molar refractivity (Wildman–Crippen MR) is 92.4 cm³/mol. The standard InChI is InChI=1S/C19H21FN2O2/c1-3-13(2)21-19(24)15-9-5-7-11-17(15)22-18(23)12-14-8-4-6-10-16(14)20/h4-11,13H,3,12H2,1-2H3,(H,21,24)(H,22,23)/t13-/m0/s1. The van der Waals surface area contributed by atoms with Crippen LogP contribution in [-0.2, 0) is 11.2 Å². The fraction of sp³-hybridized carbons (Fsp3) is 0.263. The fourth-order valence-electron chi connectivity index (χ4n) is 2.20. The predicted octanol–water partition coefficient (Wildman–Crippen LogP) is 3.54. The summed E-state index contributed by atoms with van der Waals surface area (Å²) in [6.07, 6.45) is 0.724. The van der Waals surface area contributed by atoms with Gasteiger partial charge in [0.25, 0.3) is 5.91 Å². The van der Waals surface area contributed by atoms with Gasteiger partial charge in [-0.05, 0) is 37.1 Å². The third kappa shape index (κ3) is 4.65. The molecule has 1 atom stereocenters. The molecule has 0 saturated carbocycles. The van der Waals surface area contributed by atoms with Gasteiger partial charge in [0.05, 0.1) is 17.7 Å². The van der Waals surface area contributed by atoms with E-state index < -0.39 is 5.82 Å². The van der Waals surface area contributed by atoms with Crippen molar-refractivity contribution in [3.8, 4) is 0 Å². The van der Waals surface area contributed by atoms with Gasteiger partial charge in [-0.1, -0.05) is 37.3 Å². The van der Waals surface area contributed by atoms with Gasteiger partial charge in [0, 0.05) is 6.04 Å². The van der Waals surface area contributed by atoms with Crippen LogP contribution in [0.3, 0.4) is 0 Å². The maximum atomic E-state index is 13.6. The highest BCUT2D eigenvalue weighted by Crippen LogP contribution is 2.16. The maximum Gasteiger partial charge on any atom is 0.253 e. The number of benzene rings is 2. The second-order valence-electron chi connectivity index (χ2n) is 5.64. The summed E-state index contributed by atoms with van der Waals surface area (Å²) < 4.78 is 13.6. The third-order valence-electron chi connectivity index (χ3n) is 3.74. The average molecular weight is 328 g/mol. The molecule has 0 saturated heterocycles. The van der Waals surface area contributed by atoms with Crippen LogP contribution in [0.4, 0.5) is 10.1 Å². The van der Waals surface area contributed by atoms with Crippen LogP contribution in [-0.4, -0.2) is 17.9 Å². The Morgan fingerprint density at radius 3 is 2.46 bits per heavy atom. The number of carbonyl (C=O) groups excluding carboxylic acids is 2. The Kier molecular flexibility index (Phi) is 6.07. The fourth-order valence-corrected chi connectivity index (χ4v) is 2.20. The van der Waals surface area contributed by atoms with Crippen molar-refractivity contribution in [1.29, 1.82) is 0 Å². The SMILES string of the molecule is CC[C@H](C)NC(=O)c1ccccc1NC(=O)Cc1ccccc1F. The van der Waals surface area contributed by atoms with Crippen molar-refractivity contribution in [2.45, 2.75) is 32.7 Å². The topological polar surface area (TPSA) is 58.2 Å². The van der Waals surface area contributed by atoms with Gasteiger partial charge in [-0.2, -0.15) is 0 Å². The number of para-hydroxylation sites is 1. The minimum Gasteiger partial charge on any atom is -0.350 e. The summed E-state index contributed by atoms with van der Waals surface area (Å²) in [4.78, 5) is 24.5. The normalized spacial score (nSPS) is 11.6. The first-order chi connectivity index (χ1) is 11.5. The van der Waals surface area contributed by atoms with Crippen LogP contribution in [0, 0.1) is 5.82 Å². The Balaban J connectivity index is 2.11. The number of hydrogen-bond donors (Lipinski definition) is 2. The largest absolute Gasteiger partial charge is 0.350 e. The lowest BCUT2D eigenvalue weighted by Gasteiger charge is -2.14. The van der Waals surface area contributed by atoms with Crippen molar-refractivity contribution in [1.82, 2.24) is 5.32 Å². The molecule has 0 radical (unpaired) electrons. The molecule has 2 N–H and O–H groups in total. The number of carbonyl (C=O) groups is 2. The summed E-state index contributed by atoms with van der Waals surface area (Å²) in [6.45, 7) is 3.89. The quantitative estimate of drug-likeness (QED) is 0.852. The van der Waals surface area contributed by atoms with Crippen LogP contribution in [0.5, 0.6) is 0 Å². The van der Waals surface area contributed by atoms with Crippen molar-refractivity contribution in [3.63, 3.8) is 0 Å². The van der Waals surface area contributed by atoms with E-state index in [2.05, 4.69) is 10.6 Å². The maximum absolute atomic E-state index is 13.6. The lowest BCUT2D eigenvalue weighted by atomic mass is 10.1. The molecule has 0 aliphatic heterocycles. The van der Waals surface area contributed by atoms with E-state index in [4.69, 9.17) is 0 Å². The number of rotatable bonds is 6. The molecule has 0 aromatic heterocycles. The first kappa shape index (κ1) is 17.7. The zero-order valence-corrected chi connectivity index (χ0v) is 13.8. The molecular formula is C19H21FN2O2. The average Bonchev–Trinajstić information content (AvgIpc) is 2.57. The lowest BCUT2D eigenvalue weighted by molar-refractivity contribution is -0.115. The Hall–Kier alpha value is -2.69. The zero-order chi connectivity index (χ0) is 17.5. The summed E-state index contributed by atoms with van der Waals surface area (Å²) in [5, 5.41) is 5.56. The van der Waals surface area contributed by atoms with Crippen LogP contribution >= 0.6 is 0 Å².